The van der Waals surface area contributed by atoms with Gasteiger partial charge < -0.3 is 10.6 Å². The molecule has 6 nitrogen and oxygen atoms in total. The Kier molecular flexibility index (Phi) is 5.83. The number of fused-ring (bicyclic) bond motifs is 1. The number of rotatable bonds is 6. The Balaban J connectivity index is 2.26. The lowest BCUT2D eigenvalue weighted by molar-refractivity contribution is -0.129. The number of carbonyl (C=O) groups is 2. The van der Waals surface area contributed by atoms with E-state index in [1.54, 1.807) is 18.1 Å². The highest BCUT2D eigenvalue weighted by Crippen LogP contribution is 2.39. The van der Waals surface area contributed by atoms with Crippen molar-refractivity contribution in [2.24, 2.45) is 5.92 Å². The third-order valence-electron chi connectivity index (χ3n) is 4.89. The summed E-state index contributed by atoms with van der Waals surface area (Å²) in [6.07, 6.45) is 2.38. The Morgan fingerprint density at radius 3 is 2.60 bits per heavy atom. The van der Waals surface area contributed by atoms with E-state index in [-0.39, 0.29) is 29.2 Å². The summed E-state index contributed by atoms with van der Waals surface area (Å²) in [6.45, 7) is 10.6. The first-order valence-corrected chi connectivity index (χ1v) is 8.97. The third kappa shape index (κ3) is 3.84. The number of carbonyl (C=O) groups excluding carboxylic acids is 2. The maximum atomic E-state index is 13.2. The first-order chi connectivity index (χ1) is 11.7. The van der Waals surface area contributed by atoms with Gasteiger partial charge in [0.15, 0.2) is 0 Å². The molecule has 0 fully saturated rings. The van der Waals surface area contributed by atoms with Crippen LogP contribution >= 0.6 is 0 Å². The Bertz CT molecular complexity index is 638. The summed E-state index contributed by atoms with van der Waals surface area (Å²) in [5.41, 5.74) is 0.917. The molecule has 0 aromatic carbocycles. The van der Waals surface area contributed by atoms with Gasteiger partial charge in [-0.1, -0.05) is 40.7 Å². The molecule has 2 rings (SSSR count). The van der Waals surface area contributed by atoms with Crippen molar-refractivity contribution < 1.29 is 9.59 Å². The van der Waals surface area contributed by atoms with Crippen molar-refractivity contribution in [3.8, 4) is 0 Å². The molecule has 25 heavy (non-hydrogen) atoms. The van der Waals surface area contributed by atoms with Crippen LogP contribution < -0.4 is 15.5 Å². The normalized spacial score (nSPS) is 18.0. The Morgan fingerprint density at radius 1 is 1.36 bits per heavy atom. The molecule has 1 aliphatic heterocycles. The van der Waals surface area contributed by atoms with Gasteiger partial charge in [-0.25, -0.2) is 4.98 Å². The van der Waals surface area contributed by atoms with E-state index in [4.69, 9.17) is 0 Å². The van der Waals surface area contributed by atoms with Gasteiger partial charge in [-0.15, -0.1) is 0 Å². The van der Waals surface area contributed by atoms with Gasteiger partial charge in [0.25, 0.3) is 5.91 Å². The summed E-state index contributed by atoms with van der Waals surface area (Å²) in [6, 6.07) is 3.05. The lowest BCUT2D eigenvalue weighted by Gasteiger charge is -2.29. The predicted molar refractivity (Wildman–Crippen MR) is 99.5 cm³/mol. The van der Waals surface area contributed by atoms with Crippen LogP contribution in [-0.2, 0) is 15.0 Å². The fourth-order valence-corrected chi connectivity index (χ4v) is 3.33. The number of nitrogens with one attached hydrogen (secondary N) is 2. The molecular formula is C19H30N4O2. The molecule has 0 unspecified atom stereocenters. The van der Waals surface area contributed by atoms with Crippen LogP contribution in [0.25, 0.3) is 0 Å². The highest BCUT2D eigenvalue weighted by molar-refractivity contribution is 6.01. The second kappa shape index (κ2) is 7.52. The summed E-state index contributed by atoms with van der Waals surface area (Å²) in [7, 11) is 1.75. The van der Waals surface area contributed by atoms with Crippen molar-refractivity contribution in [1.29, 1.82) is 0 Å². The second-order valence-corrected chi connectivity index (χ2v) is 7.66. The van der Waals surface area contributed by atoms with Crippen LogP contribution in [0, 0.1) is 5.92 Å². The van der Waals surface area contributed by atoms with Gasteiger partial charge >= 0.3 is 0 Å². The summed E-state index contributed by atoms with van der Waals surface area (Å²) in [4.78, 5) is 31.8. The molecule has 0 radical (unpaired) electrons. The Labute approximate surface area is 150 Å². The molecule has 1 aromatic rings. The number of hydrogen-bond donors (Lipinski definition) is 2. The van der Waals surface area contributed by atoms with Gasteiger partial charge in [-0.05, 0) is 25.5 Å². The van der Waals surface area contributed by atoms with Gasteiger partial charge in [0, 0.05) is 23.7 Å². The van der Waals surface area contributed by atoms with E-state index in [9.17, 15) is 9.59 Å². The van der Waals surface area contributed by atoms with Crippen molar-refractivity contribution in [3.05, 3.63) is 23.9 Å². The molecule has 2 atom stereocenters. The predicted octanol–water partition coefficient (Wildman–Crippen LogP) is 1.84. The average molecular weight is 346 g/mol. The topological polar surface area (TPSA) is 74.3 Å². The Hall–Kier alpha value is -1.95. The monoisotopic (exact) mass is 346 g/mol. The number of aromatic nitrogens is 1. The maximum Gasteiger partial charge on any atom is 0.251 e. The van der Waals surface area contributed by atoms with E-state index in [0.717, 1.165) is 5.56 Å². The molecule has 138 valence electrons. The van der Waals surface area contributed by atoms with Crippen molar-refractivity contribution in [2.75, 3.05) is 18.5 Å². The second-order valence-electron chi connectivity index (χ2n) is 7.66. The maximum absolute atomic E-state index is 13.2. The fourth-order valence-electron chi connectivity index (χ4n) is 3.33. The number of likely N-dealkylation sites (N-methyl/N-ethyl adjacent to an activating group) is 1. The molecule has 2 heterocycles. The molecule has 2 amide bonds. The van der Waals surface area contributed by atoms with Gasteiger partial charge in [0.2, 0.25) is 5.91 Å². The van der Waals surface area contributed by atoms with Crippen LogP contribution in [0.3, 0.4) is 0 Å². The zero-order valence-electron chi connectivity index (χ0n) is 16.1. The molecule has 0 saturated carbocycles. The number of hydrogen-bond acceptors (Lipinski definition) is 4. The number of nitrogens with zero attached hydrogens (tertiary/aromatic N) is 2. The fraction of sp³-hybridized carbons (Fsp3) is 0.632. The highest BCUT2D eigenvalue weighted by atomic mass is 16.2. The molecule has 1 aliphatic rings. The van der Waals surface area contributed by atoms with Crippen molar-refractivity contribution in [2.45, 2.75) is 58.5 Å². The quantitative estimate of drug-likeness (QED) is 0.824. The molecular weight excluding hydrogens is 316 g/mol. The van der Waals surface area contributed by atoms with Crippen LogP contribution in [0.15, 0.2) is 18.3 Å². The number of anilines is 1. The molecule has 1 aromatic heterocycles. The summed E-state index contributed by atoms with van der Waals surface area (Å²) < 4.78 is 0. The van der Waals surface area contributed by atoms with E-state index in [2.05, 4.69) is 29.5 Å². The van der Waals surface area contributed by atoms with Crippen molar-refractivity contribution >= 4 is 17.6 Å². The van der Waals surface area contributed by atoms with E-state index >= 15 is 0 Å². The van der Waals surface area contributed by atoms with E-state index < -0.39 is 6.04 Å². The minimum absolute atomic E-state index is 0.0123. The molecule has 2 N–H and O–H groups in total. The van der Waals surface area contributed by atoms with Crippen LogP contribution in [-0.4, -0.2) is 42.5 Å². The third-order valence-corrected chi connectivity index (χ3v) is 4.89. The van der Waals surface area contributed by atoms with Gasteiger partial charge in [0.05, 0.1) is 6.04 Å². The lowest BCUT2D eigenvalue weighted by atomic mass is 9.88. The zero-order chi connectivity index (χ0) is 18.8. The van der Waals surface area contributed by atoms with E-state index in [0.29, 0.717) is 18.8 Å². The zero-order valence-corrected chi connectivity index (χ0v) is 16.1. The van der Waals surface area contributed by atoms with Crippen molar-refractivity contribution in [1.82, 2.24) is 15.6 Å². The summed E-state index contributed by atoms with van der Waals surface area (Å²) in [5.74, 6) is 0.455. The summed E-state index contributed by atoms with van der Waals surface area (Å²) in [5, 5.41) is 5.92. The van der Waals surface area contributed by atoms with Gasteiger partial charge in [-0.3, -0.25) is 14.5 Å². The van der Waals surface area contributed by atoms with Crippen LogP contribution in [0.1, 0.15) is 46.6 Å². The van der Waals surface area contributed by atoms with Crippen LogP contribution in [0.5, 0.6) is 0 Å². The average Bonchev–Trinajstić information content (AvgIpc) is 2.85. The molecule has 0 spiro atoms. The van der Waals surface area contributed by atoms with E-state index in [1.165, 1.54) is 0 Å². The van der Waals surface area contributed by atoms with Crippen LogP contribution in [0.4, 0.5) is 5.82 Å². The number of amides is 2. The first-order valence-electron chi connectivity index (χ1n) is 8.97. The molecule has 0 aliphatic carbocycles. The standard InChI is InChI=1S/C19H30N4O2/c1-7-14(20-6)17(24)22-15(12(2)3)18(25)23-11-19(4,5)13-9-8-10-21-16(13)23/h8-10,12,14-15,20H,7,11H2,1-6H3,(H,22,24)/t14-,15-/m0/s1. The van der Waals surface area contributed by atoms with Crippen LogP contribution in [0.2, 0.25) is 0 Å². The number of pyridine rings is 1. The molecule has 6 heteroatoms. The molecule has 0 bridgehead atoms. The summed E-state index contributed by atoms with van der Waals surface area (Å²) >= 11 is 0. The first kappa shape index (κ1) is 19.4. The van der Waals surface area contributed by atoms with E-state index in [1.807, 2.05) is 32.9 Å². The minimum atomic E-state index is -0.571. The minimum Gasteiger partial charge on any atom is -0.343 e. The Morgan fingerprint density at radius 2 is 2.04 bits per heavy atom. The van der Waals surface area contributed by atoms with Gasteiger partial charge in [0.1, 0.15) is 11.9 Å². The smallest absolute Gasteiger partial charge is 0.251 e. The molecule has 0 saturated heterocycles. The SMILES string of the molecule is CC[C@H](NC)C(=O)N[C@H](C(=O)N1CC(C)(C)c2cccnc21)C(C)C. The highest BCUT2D eigenvalue weighted by Gasteiger charge is 2.42. The lowest BCUT2D eigenvalue weighted by Crippen LogP contribution is -2.55. The largest absolute Gasteiger partial charge is 0.343 e. The van der Waals surface area contributed by atoms with Crippen molar-refractivity contribution in [3.63, 3.8) is 0 Å². The van der Waals surface area contributed by atoms with Gasteiger partial charge in [-0.2, -0.15) is 0 Å².